The molecule has 0 radical (unpaired) electrons. The van der Waals surface area contributed by atoms with Gasteiger partial charge < -0.3 is 10.2 Å². The minimum atomic E-state index is -3.00. The lowest BCUT2D eigenvalue weighted by molar-refractivity contribution is -0.126. The Hall–Kier alpha value is -2.38. The van der Waals surface area contributed by atoms with Crippen molar-refractivity contribution in [3.63, 3.8) is 0 Å². The van der Waals surface area contributed by atoms with Crippen LogP contribution in [0.1, 0.15) is 11.6 Å². The van der Waals surface area contributed by atoms with Crippen molar-refractivity contribution in [2.75, 3.05) is 49.6 Å². The van der Waals surface area contributed by atoms with Crippen molar-refractivity contribution < 1.29 is 13.2 Å². The van der Waals surface area contributed by atoms with Crippen LogP contribution in [-0.2, 0) is 14.6 Å². The highest BCUT2D eigenvalue weighted by molar-refractivity contribution is 7.91. The quantitative estimate of drug-likeness (QED) is 0.765. The molecule has 0 spiro atoms. The van der Waals surface area contributed by atoms with E-state index in [1.807, 2.05) is 72.6 Å². The summed E-state index contributed by atoms with van der Waals surface area (Å²) < 4.78 is 23.5. The number of sulfone groups is 1. The topological polar surface area (TPSA) is 69.7 Å². The summed E-state index contributed by atoms with van der Waals surface area (Å²) in [6.45, 7) is 1.95. The summed E-state index contributed by atoms with van der Waals surface area (Å²) in [5.41, 5.74) is 1.98. The van der Waals surface area contributed by atoms with Crippen LogP contribution in [0.25, 0.3) is 0 Å². The first kappa shape index (κ1) is 20.4. The SMILES string of the molecule is CN(CCNC(=O)C(c1ccccc1)N1CCS(=O)(=O)CC1)c1ccccc1. The Labute approximate surface area is 167 Å². The number of hydrogen-bond donors (Lipinski definition) is 1. The fourth-order valence-electron chi connectivity index (χ4n) is 3.40. The van der Waals surface area contributed by atoms with Gasteiger partial charge in [0.25, 0.3) is 0 Å². The molecule has 3 rings (SSSR count). The number of anilines is 1. The second-order valence-electron chi connectivity index (χ2n) is 7.05. The lowest BCUT2D eigenvalue weighted by atomic mass is 10.0. The third-order valence-corrected chi connectivity index (χ3v) is 6.66. The van der Waals surface area contributed by atoms with Crippen LogP contribution in [0.4, 0.5) is 5.69 Å². The van der Waals surface area contributed by atoms with Crippen LogP contribution in [0.5, 0.6) is 0 Å². The van der Waals surface area contributed by atoms with E-state index in [2.05, 4.69) is 10.2 Å². The van der Waals surface area contributed by atoms with E-state index >= 15 is 0 Å². The van der Waals surface area contributed by atoms with Crippen molar-refractivity contribution in [2.24, 2.45) is 0 Å². The Morgan fingerprint density at radius 1 is 1.04 bits per heavy atom. The van der Waals surface area contributed by atoms with Crippen molar-refractivity contribution in [3.8, 4) is 0 Å². The Morgan fingerprint density at radius 3 is 2.21 bits per heavy atom. The summed E-state index contributed by atoms with van der Waals surface area (Å²) in [6.07, 6.45) is 0. The smallest absolute Gasteiger partial charge is 0.242 e. The summed E-state index contributed by atoms with van der Waals surface area (Å²) in [6, 6.07) is 19.1. The van der Waals surface area contributed by atoms with Crippen molar-refractivity contribution in [2.45, 2.75) is 6.04 Å². The zero-order valence-electron chi connectivity index (χ0n) is 16.1. The standard InChI is InChI=1S/C21H27N3O3S/c1-23(19-10-6-3-7-11-19)13-12-22-21(25)20(18-8-4-2-5-9-18)24-14-16-28(26,27)17-15-24/h2-11,20H,12-17H2,1H3,(H,22,25). The molecule has 1 N–H and O–H groups in total. The predicted octanol–water partition coefficient (Wildman–Crippen LogP) is 1.71. The van der Waals surface area contributed by atoms with Crippen molar-refractivity contribution in [1.29, 1.82) is 0 Å². The summed E-state index contributed by atoms with van der Waals surface area (Å²) in [5.74, 6) is 0.104. The number of nitrogens with one attached hydrogen (secondary N) is 1. The molecule has 0 bridgehead atoms. The summed E-state index contributed by atoms with van der Waals surface area (Å²) in [5, 5.41) is 3.03. The molecule has 28 heavy (non-hydrogen) atoms. The van der Waals surface area contributed by atoms with Gasteiger partial charge in [-0.2, -0.15) is 0 Å². The van der Waals surface area contributed by atoms with E-state index < -0.39 is 15.9 Å². The molecule has 6 nitrogen and oxygen atoms in total. The van der Waals surface area contributed by atoms with Gasteiger partial charge >= 0.3 is 0 Å². The molecule has 1 fully saturated rings. The lowest BCUT2D eigenvalue weighted by Gasteiger charge is -2.34. The monoisotopic (exact) mass is 401 g/mol. The zero-order chi connectivity index (χ0) is 20.0. The van der Waals surface area contributed by atoms with E-state index in [9.17, 15) is 13.2 Å². The number of carbonyl (C=O) groups excluding carboxylic acids is 1. The molecule has 150 valence electrons. The van der Waals surface area contributed by atoms with Crippen LogP contribution in [0.2, 0.25) is 0 Å². The van der Waals surface area contributed by atoms with Gasteiger partial charge in [0.05, 0.1) is 11.5 Å². The number of rotatable bonds is 7. The fourth-order valence-corrected chi connectivity index (χ4v) is 4.63. The van der Waals surface area contributed by atoms with E-state index in [0.717, 1.165) is 11.3 Å². The first-order valence-electron chi connectivity index (χ1n) is 9.49. The number of benzene rings is 2. The minimum Gasteiger partial charge on any atom is -0.373 e. The third-order valence-electron chi connectivity index (χ3n) is 5.05. The molecule has 2 aromatic rings. The van der Waals surface area contributed by atoms with Gasteiger partial charge in [-0.3, -0.25) is 9.69 Å². The molecule has 1 saturated heterocycles. The Kier molecular flexibility index (Phi) is 6.70. The maximum atomic E-state index is 13.0. The van der Waals surface area contributed by atoms with E-state index in [-0.39, 0.29) is 17.4 Å². The van der Waals surface area contributed by atoms with Crippen LogP contribution in [0, 0.1) is 0 Å². The third kappa shape index (κ3) is 5.33. The Bertz CT molecular complexity index is 858. The second kappa shape index (κ2) is 9.21. The van der Waals surface area contributed by atoms with Crippen LogP contribution in [-0.4, -0.2) is 64.0 Å². The van der Waals surface area contributed by atoms with Crippen LogP contribution < -0.4 is 10.2 Å². The van der Waals surface area contributed by atoms with E-state index in [0.29, 0.717) is 26.2 Å². The Morgan fingerprint density at radius 2 is 1.61 bits per heavy atom. The molecular formula is C21H27N3O3S. The molecule has 1 aliphatic rings. The van der Waals surface area contributed by atoms with Gasteiger partial charge in [-0.15, -0.1) is 0 Å². The number of likely N-dealkylation sites (N-methyl/N-ethyl adjacent to an activating group) is 1. The van der Waals surface area contributed by atoms with E-state index in [4.69, 9.17) is 0 Å². The van der Waals surface area contributed by atoms with Crippen molar-refractivity contribution >= 4 is 21.4 Å². The highest BCUT2D eigenvalue weighted by atomic mass is 32.2. The average molecular weight is 402 g/mol. The van der Waals surface area contributed by atoms with Crippen LogP contribution in [0.3, 0.4) is 0 Å². The second-order valence-corrected chi connectivity index (χ2v) is 9.35. The first-order chi connectivity index (χ1) is 13.5. The minimum absolute atomic E-state index is 0.0908. The highest BCUT2D eigenvalue weighted by Crippen LogP contribution is 2.23. The van der Waals surface area contributed by atoms with Gasteiger partial charge in [0.15, 0.2) is 9.84 Å². The number of carbonyl (C=O) groups is 1. The molecule has 1 unspecified atom stereocenters. The largest absolute Gasteiger partial charge is 0.373 e. The predicted molar refractivity (Wildman–Crippen MR) is 112 cm³/mol. The number of hydrogen-bond acceptors (Lipinski definition) is 5. The van der Waals surface area contributed by atoms with Gasteiger partial charge in [-0.1, -0.05) is 48.5 Å². The van der Waals surface area contributed by atoms with Crippen LogP contribution in [0.15, 0.2) is 60.7 Å². The number of amides is 1. The molecule has 0 saturated carbocycles. The maximum absolute atomic E-state index is 13.0. The van der Waals surface area contributed by atoms with Crippen molar-refractivity contribution in [1.82, 2.24) is 10.2 Å². The zero-order valence-corrected chi connectivity index (χ0v) is 16.9. The number of para-hydroxylation sites is 1. The molecule has 1 amide bonds. The molecule has 1 heterocycles. The van der Waals surface area contributed by atoms with Crippen LogP contribution >= 0.6 is 0 Å². The van der Waals surface area contributed by atoms with Gasteiger partial charge in [0.1, 0.15) is 6.04 Å². The summed E-state index contributed by atoms with van der Waals surface area (Å²) >= 11 is 0. The highest BCUT2D eigenvalue weighted by Gasteiger charge is 2.32. The molecule has 0 aromatic heterocycles. The summed E-state index contributed by atoms with van der Waals surface area (Å²) in [7, 11) is -1.00. The average Bonchev–Trinajstić information content (AvgIpc) is 2.71. The van der Waals surface area contributed by atoms with Gasteiger partial charge in [0, 0.05) is 38.9 Å². The molecule has 2 aromatic carbocycles. The lowest BCUT2D eigenvalue weighted by Crippen LogP contribution is -2.48. The molecular weight excluding hydrogens is 374 g/mol. The van der Waals surface area contributed by atoms with E-state index in [1.54, 1.807) is 0 Å². The molecule has 0 aliphatic carbocycles. The van der Waals surface area contributed by atoms with Gasteiger partial charge in [-0.25, -0.2) is 8.42 Å². The maximum Gasteiger partial charge on any atom is 0.242 e. The summed E-state index contributed by atoms with van der Waals surface area (Å²) in [4.78, 5) is 17.1. The number of nitrogens with zero attached hydrogens (tertiary/aromatic N) is 2. The first-order valence-corrected chi connectivity index (χ1v) is 11.3. The molecule has 1 atom stereocenters. The van der Waals surface area contributed by atoms with E-state index in [1.165, 1.54) is 0 Å². The molecule has 1 aliphatic heterocycles. The van der Waals surface area contributed by atoms with Crippen molar-refractivity contribution in [3.05, 3.63) is 66.2 Å². The normalized spacial score (nSPS) is 17.6. The Balaban J connectivity index is 1.64. The fraction of sp³-hybridized carbons (Fsp3) is 0.381. The van der Waals surface area contributed by atoms with Gasteiger partial charge in [-0.05, 0) is 17.7 Å². The van der Waals surface area contributed by atoms with Gasteiger partial charge in [0.2, 0.25) is 5.91 Å². The molecule has 7 heteroatoms.